The molecule has 0 aliphatic rings. The van der Waals surface area contributed by atoms with Crippen LogP contribution in [0.3, 0.4) is 0 Å². The van der Waals surface area contributed by atoms with Crippen LogP contribution in [0.4, 0.5) is 5.69 Å². The molecule has 1 heterocycles. The molecule has 5 heteroatoms. The molecule has 1 aromatic heterocycles. The molecule has 0 aromatic carbocycles. The number of nitrogen functional groups attached to an aromatic ring is 1. The summed E-state index contributed by atoms with van der Waals surface area (Å²) >= 11 is 0. The molecule has 0 unspecified atom stereocenters. The van der Waals surface area contributed by atoms with E-state index in [9.17, 15) is 10.1 Å². The number of pyridine rings is 1. The predicted molar refractivity (Wildman–Crippen MR) is 39.3 cm³/mol. The topological polar surface area (TPSA) is 82.0 Å². The number of nitro groups is 1. The molecule has 2 N–H and O–H groups in total. The third-order valence-corrected chi connectivity index (χ3v) is 1.14. The first-order valence-corrected chi connectivity index (χ1v) is 3.00. The van der Waals surface area contributed by atoms with Crippen LogP contribution in [0.2, 0.25) is 0 Å². The second-order valence-electron chi connectivity index (χ2n) is 2.07. The van der Waals surface area contributed by atoms with E-state index in [1.165, 1.54) is 12.3 Å². The molecule has 0 atom stereocenters. The van der Waals surface area contributed by atoms with Crippen LogP contribution in [-0.4, -0.2) is 9.91 Å². The van der Waals surface area contributed by atoms with Crippen molar-refractivity contribution in [1.29, 1.82) is 0 Å². The summed E-state index contributed by atoms with van der Waals surface area (Å²) in [5.41, 5.74) is 6.26. The van der Waals surface area contributed by atoms with Crippen LogP contribution in [0.1, 0.15) is 5.69 Å². The summed E-state index contributed by atoms with van der Waals surface area (Å²) in [6.45, 7) is -0.250. The average molecular weight is 153 g/mol. The van der Waals surface area contributed by atoms with E-state index < -0.39 is 4.92 Å². The number of hydrogen-bond donors (Lipinski definition) is 1. The summed E-state index contributed by atoms with van der Waals surface area (Å²) in [6.07, 6.45) is 1.40. The van der Waals surface area contributed by atoms with E-state index in [1.807, 2.05) is 0 Å². The Morgan fingerprint density at radius 1 is 1.64 bits per heavy atom. The molecule has 0 radical (unpaired) electrons. The largest absolute Gasteiger partial charge is 0.397 e. The molecule has 0 bridgehead atoms. The van der Waals surface area contributed by atoms with Crippen molar-refractivity contribution in [3.8, 4) is 0 Å². The lowest BCUT2D eigenvalue weighted by molar-refractivity contribution is -0.497. The van der Waals surface area contributed by atoms with Crippen LogP contribution in [-0.2, 0) is 6.54 Å². The molecule has 1 aromatic rings. The van der Waals surface area contributed by atoms with Crippen LogP contribution in [0.5, 0.6) is 0 Å². The van der Waals surface area contributed by atoms with Gasteiger partial charge in [-0.2, -0.15) is 0 Å². The van der Waals surface area contributed by atoms with Crippen LogP contribution < -0.4 is 5.73 Å². The van der Waals surface area contributed by atoms with Crippen LogP contribution in [0, 0.1) is 10.1 Å². The van der Waals surface area contributed by atoms with Crippen molar-refractivity contribution >= 4 is 5.69 Å². The lowest BCUT2D eigenvalue weighted by Crippen LogP contribution is -2.00. The highest BCUT2D eigenvalue weighted by Crippen LogP contribution is 2.01. The molecule has 0 aliphatic carbocycles. The second kappa shape index (κ2) is 2.96. The van der Waals surface area contributed by atoms with Crippen molar-refractivity contribution in [2.24, 2.45) is 0 Å². The zero-order valence-electron chi connectivity index (χ0n) is 5.73. The highest BCUT2D eigenvalue weighted by molar-refractivity contribution is 5.34. The van der Waals surface area contributed by atoms with Crippen LogP contribution in [0.25, 0.3) is 0 Å². The fourth-order valence-electron chi connectivity index (χ4n) is 0.662. The SMILES string of the molecule is Nc1ccc(C[N+](=O)[O-])nc1. The van der Waals surface area contributed by atoms with Gasteiger partial charge in [-0.25, -0.2) is 0 Å². The fraction of sp³-hybridized carbons (Fsp3) is 0.167. The minimum Gasteiger partial charge on any atom is -0.397 e. The van der Waals surface area contributed by atoms with Gasteiger partial charge in [0.05, 0.1) is 11.9 Å². The van der Waals surface area contributed by atoms with E-state index in [4.69, 9.17) is 5.73 Å². The van der Waals surface area contributed by atoms with E-state index in [0.29, 0.717) is 11.4 Å². The van der Waals surface area contributed by atoms with Crippen molar-refractivity contribution in [2.75, 3.05) is 5.73 Å². The van der Waals surface area contributed by atoms with Gasteiger partial charge in [0.25, 0.3) is 0 Å². The Labute approximate surface area is 63.0 Å². The van der Waals surface area contributed by atoms with Crippen molar-refractivity contribution in [1.82, 2.24) is 4.98 Å². The molecule has 0 fully saturated rings. The zero-order chi connectivity index (χ0) is 8.27. The summed E-state index contributed by atoms with van der Waals surface area (Å²) in [4.78, 5) is 13.3. The number of rotatable bonds is 2. The lowest BCUT2D eigenvalue weighted by Gasteiger charge is -1.93. The first kappa shape index (κ1) is 7.46. The summed E-state index contributed by atoms with van der Waals surface area (Å²) in [5.74, 6) is 0. The van der Waals surface area contributed by atoms with Gasteiger partial charge in [0.2, 0.25) is 6.54 Å². The van der Waals surface area contributed by atoms with Gasteiger partial charge >= 0.3 is 0 Å². The quantitative estimate of drug-likeness (QED) is 0.493. The molecule has 5 nitrogen and oxygen atoms in total. The highest BCUT2D eigenvalue weighted by Gasteiger charge is 2.00. The van der Waals surface area contributed by atoms with Crippen LogP contribution in [0.15, 0.2) is 18.3 Å². The predicted octanol–water partition coefficient (Wildman–Crippen LogP) is 0.440. The molecule has 0 saturated carbocycles. The maximum atomic E-state index is 9.99. The lowest BCUT2D eigenvalue weighted by atomic mass is 10.3. The maximum absolute atomic E-state index is 9.99. The van der Waals surface area contributed by atoms with Crippen molar-refractivity contribution in [3.05, 3.63) is 34.1 Å². The summed E-state index contributed by atoms with van der Waals surface area (Å²) < 4.78 is 0. The monoisotopic (exact) mass is 153 g/mol. The molecule has 0 spiro atoms. The van der Waals surface area contributed by atoms with Gasteiger partial charge in [-0.3, -0.25) is 15.1 Å². The van der Waals surface area contributed by atoms with E-state index in [2.05, 4.69) is 4.98 Å². The number of aromatic nitrogens is 1. The van der Waals surface area contributed by atoms with Gasteiger partial charge in [-0.1, -0.05) is 0 Å². The van der Waals surface area contributed by atoms with Crippen molar-refractivity contribution < 1.29 is 4.92 Å². The van der Waals surface area contributed by atoms with Gasteiger partial charge < -0.3 is 5.73 Å². The summed E-state index contributed by atoms with van der Waals surface area (Å²) in [7, 11) is 0. The summed E-state index contributed by atoms with van der Waals surface area (Å²) in [6, 6.07) is 3.13. The van der Waals surface area contributed by atoms with E-state index >= 15 is 0 Å². The minimum atomic E-state index is -0.432. The number of nitrogens with zero attached hydrogens (tertiary/aromatic N) is 2. The Bertz CT molecular complexity index is 257. The Balaban J connectivity index is 2.74. The molecule has 1 rings (SSSR count). The third kappa shape index (κ3) is 2.21. The Hall–Kier alpha value is -1.65. The molecule has 0 saturated heterocycles. The van der Waals surface area contributed by atoms with Crippen molar-refractivity contribution in [2.45, 2.75) is 6.54 Å². The van der Waals surface area contributed by atoms with Crippen molar-refractivity contribution in [3.63, 3.8) is 0 Å². The number of anilines is 1. The normalized spacial score (nSPS) is 9.45. The summed E-state index contributed by atoms with van der Waals surface area (Å²) in [5, 5.41) is 9.99. The van der Waals surface area contributed by atoms with Crippen LogP contribution >= 0.6 is 0 Å². The molecular formula is C6H7N3O2. The highest BCUT2D eigenvalue weighted by atomic mass is 16.6. The van der Waals surface area contributed by atoms with Gasteiger partial charge in [-0.15, -0.1) is 0 Å². The Morgan fingerprint density at radius 2 is 2.36 bits per heavy atom. The third-order valence-electron chi connectivity index (χ3n) is 1.14. The second-order valence-corrected chi connectivity index (χ2v) is 2.07. The molecule has 58 valence electrons. The van der Waals surface area contributed by atoms with E-state index in [-0.39, 0.29) is 6.54 Å². The van der Waals surface area contributed by atoms with E-state index in [1.54, 1.807) is 6.07 Å². The number of nitrogens with two attached hydrogens (primary N) is 1. The molecular weight excluding hydrogens is 146 g/mol. The van der Waals surface area contributed by atoms with E-state index in [0.717, 1.165) is 0 Å². The minimum absolute atomic E-state index is 0.250. The first-order valence-electron chi connectivity index (χ1n) is 3.00. The fourth-order valence-corrected chi connectivity index (χ4v) is 0.662. The standard InChI is InChI=1S/C6H7N3O2/c7-5-1-2-6(8-3-5)4-9(10)11/h1-3H,4,7H2. The van der Waals surface area contributed by atoms with Gasteiger partial charge in [0.15, 0.2) is 0 Å². The zero-order valence-corrected chi connectivity index (χ0v) is 5.73. The van der Waals surface area contributed by atoms with Gasteiger partial charge in [0, 0.05) is 4.92 Å². The Kier molecular flexibility index (Phi) is 2.00. The molecule has 0 amide bonds. The number of hydrogen-bond acceptors (Lipinski definition) is 4. The molecule has 0 aliphatic heterocycles. The smallest absolute Gasteiger partial charge is 0.245 e. The first-order chi connectivity index (χ1) is 5.18. The molecule has 11 heavy (non-hydrogen) atoms. The average Bonchev–Trinajstić information content (AvgIpc) is 1.93. The van der Waals surface area contributed by atoms with Gasteiger partial charge in [-0.05, 0) is 12.1 Å². The maximum Gasteiger partial charge on any atom is 0.245 e. The van der Waals surface area contributed by atoms with Gasteiger partial charge in [0.1, 0.15) is 5.69 Å². The Morgan fingerprint density at radius 3 is 2.82 bits per heavy atom.